The van der Waals surface area contributed by atoms with Gasteiger partial charge in [0.05, 0.1) is 36.3 Å². The summed E-state index contributed by atoms with van der Waals surface area (Å²) in [6, 6.07) is -1.20. The number of ether oxygens (including phenoxy) is 8. The van der Waals surface area contributed by atoms with Gasteiger partial charge in [0.2, 0.25) is 11.6 Å². The Morgan fingerprint density at radius 2 is 1.50 bits per heavy atom. The second-order valence-electron chi connectivity index (χ2n) is 30.8. The van der Waals surface area contributed by atoms with E-state index in [1.54, 1.807) is 40.9 Å². The van der Waals surface area contributed by atoms with Crippen LogP contribution in [0.1, 0.15) is 230 Å². The average molecular weight is 1410 g/mol. The number of nitrogens with zero attached hydrogens (tertiary/aromatic N) is 1. The molecular weight excluding hydrogens is 1300 g/mol. The molecule has 2 bridgehead atoms. The Kier molecular flexibility index (Phi) is 26.4. The minimum absolute atomic E-state index is 0.0265. The van der Waals surface area contributed by atoms with Crippen molar-refractivity contribution in [2.75, 3.05) is 34.5 Å². The molecule has 4 aliphatic heterocycles. The Morgan fingerprint density at radius 3 is 2.20 bits per heavy atom. The summed E-state index contributed by atoms with van der Waals surface area (Å²) in [4.78, 5) is 144. The summed E-state index contributed by atoms with van der Waals surface area (Å²) in [7, 11) is 4.41. The number of aliphatic hydroxyl groups is 2. The van der Waals surface area contributed by atoms with E-state index < -0.39 is 131 Å². The van der Waals surface area contributed by atoms with Gasteiger partial charge in [-0.05, 0) is 151 Å². The highest BCUT2D eigenvalue weighted by atomic mass is 16.6. The molecule has 5 heterocycles. The number of furan rings is 1. The largest absolute Gasteiger partial charge is 0.460 e. The lowest BCUT2D eigenvalue weighted by Gasteiger charge is -2.52. The summed E-state index contributed by atoms with van der Waals surface area (Å²) >= 11 is 0. The average Bonchev–Trinajstić information content (AvgIpc) is 1.65. The van der Waals surface area contributed by atoms with Gasteiger partial charge in [-0.2, -0.15) is 0 Å². The fourth-order valence-corrected chi connectivity index (χ4v) is 17.4. The summed E-state index contributed by atoms with van der Waals surface area (Å²) in [6.45, 7) is 16.3. The molecule has 1 unspecified atom stereocenters. The zero-order valence-corrected chi connectivity index (χ0v) is 61.3. The van der Waals surface area contributed by atoms with E-state index in [-0.39, 0.29) is 116 Å². The van der Waals surface area contributed by atoms with Crippen LogP contribution in [0.3, 0.4) is 0 Å². The van der Waals surface area contributed by atoms with E-state index >= 15 is 0 Å². The number of amides is 1. The van der Waals surface area contributed by atoms with Gasteiger partial charge in [0.1, 0.15) is 47.4 Å². The van der Waals surface area contributed by atoms with Crippen molar-refractivity contribution in [3.05, 3.63) is 82.1 Å². The van der Waals surface area contributed by atoms with E-state index in [0.717, 1.165) is 18.4 Å². The molecule has 2 saturated carbocycles. The number of cyclic esters (lactones) is 2. The van der Waals surface area contributed by atoms with Crippen molar-refractivity contribution in [1.82, 2.24) is 4.90 Å². The van der Waals surface area contributed by atoms with Crippen molar-refractivity contribution in [1.29, 1.82) is 0 Å². The molecule has 0 aromatic carbocycles. The molecule has 101 heavy (non-hydrogen) atoms. The first-order valence-corrected chi connectivity index (χ1v) is 37.0. The first kappa shape index (κ1) is 78.6. The van der Waals surface area contributed by atoms with E-state index in [2.05, 4.69) is 0 Å². The Hall–Kier alpha value is -6.56. The van der Waals surface area contributed by atoms with Crippen LogP contribution < -0.4 is 0 Å². The molecule has 4 fully saturated rings. The van der Waals surface area contributed by atoms with Crippen molar-refractivity contribution in [3.8, 4) is 0 Å². The second-order valence-corrected chi connectivity index (χ2v) is 30.8. The fraction of sp³-hybridized carbons (Fsp3) is 0.696. The van der Waals surface area contributed by atoms with E-state index in [0.29, 0.717) is 100 Å². The molecule has 0 spiro atoms. The van der Waals surface area contributed by atoms with Crippen LogP contribution in [0, 0.1) is 52.8 Å². The lowest BCUT2D eigenvalue weighted by Crippen LogP contribution is -2.61. The molecule has 4 aliphatic carbocycles. The first-order valence-electron chi connectivity index (χ1n) is 37.0. The molecule has 8 aliphatic rings. The summed E-state index contributed by atoms with van der Waals surface area (Å²) in [5.74, 6) is -12.0. The summed E-state index contributed by atoms with van der Waals surface area (Å²) < 4.78 is 54.4. The Balaban J connectivity index is 0.922. The van der Waals surface area contributed by atoms with Crippen molar-refractivity contribution in [2.24, 2.45) is 52.8 Å². The molecule has 22 nitrogen and oxygen atoms in total. The highest BCUT2D eigenvalue weighted by Gasteiger charge is 2.66. The van der Waals surface area contributed by atoms with Crippen molar-refractivity contribution in [2.45, 2.75) is 264 Å². The SMILES string of the molecule is COC[C@H]1OC(=O)c2coc3c2[C@@]1(C)C1=C(OC(=O)CCCCCCC(=O)O[C@@H]2C(C)=C[C@@H](C)C(=O)C[C@@H]([C@H](C)CC4CCC(O)CC4)OC(=O)[C@@H]4CCCCN4C(=O)C(=O)[C@]4(O)O[C@@H](CC[C@H]4C)C[C@H](OC)C(C)=CC=CC=C[C@@H](C)C[C@@H](C)C(=O)[C@@H]2OC)C[C@]2(C)C(=O)CC[C@H]2C1C3=O. The second kappa shape index (κ2) is 33.9. The molecule has 2 saturated heterocycles. The van der Waals surface area contributed by atoms with Gasteiger partial charge in [0, 0.05) is 95.1 Å². The minimum Gasteiger partial charge on any atom is -0.460 e. The van der Waals surface area contributed by atoms with Gasteiger partial charge in [-0.1, -0.05) is 90.8 Å². The topological polar surface area (TPSA) is 301 Å². The van der Waals surface area contributed by atoms with Crippen LogP contribution in [-0.2, 0) is 81.7 Å². The highest BCUT2D eigenvalue weighted by molar-refractivity contribution is 6.39. The molecule has 0 radical (unpaired) electrons. The predicted octanol–water partition coefficient (Wildman–Crippen LogP) is 11.2. The maximum Gasteiger partial charge on any atom is 0.342 e. The standard InChI is InChI=1S/C79H109NO21/c1-44-22-16-15-17-23-45(2)58(94-11)39-53-32-27-50(7)79(92,101-53)73(88)74(89)80-35-21-20-24-56(80)76(91)98-59(47(4)38-51-28-30-52(81)31-29-51)40-57(82)46(3)37-49(6)70(72(95-12)68(86)48(5)36-44)100-64(85)26-19-14-13-18-25-63(84)97-60-41-77(8)55(33-34-61(77)83)65-67(60)78(9)62(43-93-10)99-75(90)54-42-96-71(66(54)78)69(65)87/h15-17,22-23,37,42,44,46-48,50-53,55-56,58-59,62,65,70,72,81,92H,13-14,18-21,24-36,38-41,43H2,1-12H3/t44-,46-,47-,48-,50-,51?,52?,53+,55+,56+,58+,59+,62-,65?,70-,72+,77+,78+,79-/m1/s1. The third-order valence-corrected chi connectivity index (χ3v) is 23.6. The first-order chi connectivity index (χ1) is 48.0. The van der Waals surface area contributed by atoms with Crippen molar-refractivity contribution >= 4 is 58.7 Å². The van der Waals surface area contributed by atoms with Crippen LogP contribution in [0.4, 0.5) is 0 Å². The molecule has 1 amide bonds. The molecule has 2 N–H and O–H groups in total. The number of hydrogen-bond donors (Lipinski definition) is 2. The number of methoxy groups -OCH3 is 3. The summed E-state index contributed by atoms with van der Waals surface area (Å²) in [5, 5.41) is 22.5. The number of allylic oxidation sites excluding steroid dienone is 7. The number of esters is 4. The van der Waals surface area contributed by atoms with Gasteiger partial charge in [-0.15, -0.1) is 0 Å². The zero-order chi connectivity index (χ0) is 73.4. The molecule has 22 heteroatoms. The summed E-state index contributed by atoms with van der Waals surface area (Å²) in [5.41, 5.74) is 0.00392. The Labute approximate surface area is 594 Å². The van der Waals surface area contributed by atoms with E-state index in [1.807, 2.05) is 65.0 Å². The number of piperidine rings is 1. The molecular formula is C79H109NO21. The number of hydrogen-bond acceptors (Lipinski definition) is 21. The minimum atomic E-state index is -2.48. The van der Waals surface area contributed by atoms with Crippen LogP contribution in [0.5, 0.6) is 0 Å². The number of aliphatic hydroxyl groups excluding tert-OH is 1. The third-order valence-electron chi connectivity index (χ3n) is 23.6. The lowest BCUT2D eigenvalue weighted by atomic mass is 9.52. The highest BCUT2D eigenvalue weighted by Crippen LogP contribution is 2.63. The van der Waals surface area contributed by atoms with Crippen LogP contribution in [0.2, 0.25) is 0 Å². The van der Waals surface area contributed by atoms with Gasteiger partial charge in [0.15, 0.2) is 23.8 Å². The molecule has 9 rings (SSSR count). The smallest absolute Gasteiger partial charge is 0.342 e. The van der Waals surface area contributed by atoms with Crippen molar-refractivity contribution < 1.29 is 100 Å². The Bertz CT molecular complexity index is 3420. The lowest BCUT2D eigenvalue weighted by molar-refractivity contribution is -0.265. The molecule has 556 valence electrons. The van der Waals surface area contributed by atoms with Crippen LogP contribution in [-0.4, -0.2) is 163 Å². The van der Waals surface area contributed by atoms with Gasteiger partial charge in [-0.25, -0.2) is 9.59 Å². The third kappa shape index (κ3) is 17.1. The van der Waals surface area contributed by atoms with Crippen LogP contribution in [0.25, 0.3) is 0 Å². The van der Waals surface area contributed by atoms with Gasteiger partial charge >= 0.3 is 23.9 Å². The normalized spacial score (nSPS) is 35.3. The van der Waals surface area contributed by atoms with E-state index in [1.165, 1.54) is 25.4 Å². The van der Waals surface area contributed by atoms with E-state index in [4.69, 9.17) is 42.3 Å². The molecule has 17 atom stereocenters. The number of carbonyl (C=O) groups is 10. The number of carbonyl (C=O) groups excluding carboxylic acids is 10. The maximum absolute atomic E-state index is 14.8. The van der Waals surface area contributed by atoms with Gasteiger partial charge in [0.25, 0.3) is 11.7 Å². The van der Waals surface area contributed by atoms with Crippen LogP contribution >= 0.6 is 0 Å². The number of fused-ring (bicyclic) bond motifs is 7. The van der Waals surface area contributed by atoms with E-state index in [9.17, 15) is 58.2 Å². The molecule has 1 aromatic rings. The van der Waals surface area contributed by atoms with Gasteiger partial charge < -0.3 is 57.4 Å². The number of unbranched alkanes of at least 4 members (excludes halogenated alkanes) is 3. The molecule has 1 aromatic heterocycles. The quantitative estimate of drug-likeness (QED) is 0.0511. The zero-order valence-electron chi connectivity index (χ0n) is 61.3. The number of Topliss-reactive ketones (excluding diaryl/α,β-unsaturated/α-hetero) is 5. The monoisotopic (exact) mass is 1410 g/mol. The predicted molar refractivity (Wildman–Crippen MR) is 369 cm³/mol. The Morgan fingerprint density at radius 1 is 0.792 bits per heavy atom. The number of ketones is 5. The summed E-state index contributed by atoms with van der Waals surface area (Å²) in [6.07, 6.45) is 14.5. The fourth-order valence-electron chi connectivity index (χ4n) is 17.4. The van der Waals surface area contributed by atoms with Crippen molar-refractivity contribution in [3.63, 3.8) is 0 Å². The van der Waals surface area contributed by atoms with Gasteiger partial charge in [-0.3, -0.25) is 38.4 Å². The maximum atomic E-state index is 14.8. The number of rotatable bonds is 16. The van der Waals surface area contributed by atoms with Crippen LogP contribution in [0.15, 0.2) is 69.6 Å².